The van der Waals surface area contributed by atoms with Gasteiger partial charge < -0.3 is 10.4 Å². The van der Waals surface area contributed by atoms with Crippen molar-refractivity contribution >= 4 is 29.2 Å². The number of nitrogens with one attached hydrogen (secondary N) is 1. The van der Waals surface area contributed by atoms with Crippen molar-refractivity contribution in [3.8, 4) is 5.82 Å². The van der Waals surface area contributed by atoms with Crippen LogP contribution in [0.4, 0.5) is 5.69 Å². The zero-order valence-corrected chi connectivity index (χ0v) is 12.9. The van der Waals surface area contributed by atoms with Gasteiger partial charge in [-0.3, -0.25) is 4.79 Å². The van der Waals surface area contributed by atoms with Crippen LogP contribution in [0.1, 0.15) is 20.7 Å². The third-order valence-electron chi connectivity index (χ3n) is 3.15. The number of carbonyl (C=O) groups is 2. The normalized spacial score (nSPS) is 10.4. The van der Waals surface area contributed by atoms with Crippen molar-refractivity contribution in [2.75, 3.05) is 5.32 Å². The van der Waals surface area contributed by atoms with Crippen molar-refractivity contribution in [1.82, 2.24) is 14.8 Å². The number of amides is 1. The summed E-state index contributed by atoms with van der Waals surface area (Å²) in [4.78, 5) is 27.4. The number of hydrogen-bond acceptors (Lipinski definition) is 4. The topological polar surface area (TPSA) is 97.1 Å². The Hall–Kier alpha value is -3.19. The second kappa shape index (κ2) is 6.51. The van der Waals surface area contributed by atoms with E-state index in [4.69, 9.17) is 16.7 Å². The molecule has 7 nitrogen and oxygen atoms in total. The predicted molar refractivity (Wildman–Crippen MR) is 87.7 cm³/mol. The molecule has 0 unspecified atom stereocenters. The molecular formula is C16H11ClN4O3. The lowest BCUT2D eigenvalue weighted by atomic mass is 10.2. The van der Waals surface area contributed by atoms with Crippen molar-refractivity contribution < 1.29 is 14.7 Å². The molecular weight excluding hydrogens is 332 g/mol. The van der Waals surface area contributed by atoms with E-state index >= 15 is 0 Å². The minimum absolute atomic E-state index is 0.00930. The smallest absolute Gasteiger partial charge is 0.335 e. The highest BCUT2D eigenvalue weighted by molar-refractivity contribution is 6.31. The number of hydrogen-bond donors (Lipinski definition) is 2. The molecule has 2 N–H and O–H groups in total. The predicted octanol–water partition coefficient (Wildman–Crippen LogP) is 2.87. The largest absolute Gasteiger partial charge is 0.478 e. The van der Waals surface area contributed by atoms with Crippen LogP contribution in [-0.2, 0) is 0 Å². The molecule has 3 aromatic rings. The van der Waals surface area contributed by atoms with Crippen molar-refractivity contribution in [3.05, 3.63) is 71.1 Å². The zero-order chi connectivity index (χ0) is 17.1. The highest BCUT2D eigenvalue weighted by atomic mass is 35.5. The van der Waals surface area contributed by atoms with Crippen LogP contribution < -0.4 is 5.32 Å². The molecule has 0 fully saturated rings. The number of carboxylic acid groups (broad SMARTS) is 1. The molecule has 0 bridgehead atoms. The third-order valence-corrected chi connectivity index (χ3v) is 3.37. The van der Waals surface area contributed by atoms with Crippen LogP contribution in [-0.4, -0.2) is 31.7 Å². The Balaban J connectivity index is 1.79. The van der Waals surface area contributed by atoms with Crippen LogP contribution in [0.25, 0.3) is 5.82 Å². The second-order valence-corrected chi connectivity index (χ2v) is 5.28. The molecule has 2 aromatic heterocycles. The summed E-state index contributed by atoms with van der Waals surface area (Å²) in [6, 6.07) is 9.13. The molecule has 0 aliphatic rings. The van der Waals surface area contributed by atoms with Crippen LogP contribution >= 0.6 is 11.6 Å². The molecule has 0 radical (unpaired) electrons. The molecule has 8 heteroatoms. The lowest BCUT2D eigenvalue weighted by Gasteiger charge is -2.07. The Morgan fingerprint density at radius 3 is 2.62 bits per heavy atom. The molecule has 0 aliphatic heterocycles. The van der Waals surface area contributed by atoms with Crippen LogP contribution in [0.5, 0.6) is 0 Å². The van der Waals surface area contributed by atoms with E-state index in [1.54, 1.807) is 35.3 Å². The van der Waals surface area contributed by atoms with Crippen molar-refractivity contribution in [2.24, 2.45) is 0 Å². The Kier molecular flexibility index (Phi) is 4.26. The number of pyridine rings is 1. The average molecular weight is 343 g/mol. The Labute approximate surface area is 141 Å². The summed E-state index contributed by atoms with van der Waals surface area (Å²) in [6.45, 7) is 0. The van der Waals surface area contributed by atoms with E-state index in [-0.39, 0.29) is 10.6 Å². The fourth-order valence-corrected chi connectivity index (χ4v) is 2.28. The lowest BCUT2D eigenvalue weighted by molar-refractivity contribution is 0.0696. The first-order valence-electron chi connectivity index (χ1n) is 6.84. The fraction of sp³-hybridized carbons (Fsp3) is 0. The average Bonchev–Trinajstić information content (AvgIpc) is 3.09. The summed E-state index contributed by atoms with van der Waals surface area (Å²) in [6.07, 6.45) is 4.78. The summed E-state index contributed by atoms with van der Waals surface area (Å²) in [5.74, 6) is -0.973. The summed E-state index contributed by atoms with van der Waals surface area (Å²) in [5, 5.41) is 15.9. The molecule has 1 amide bonds. The minimum atomic E-state index is -1.13. The highest BCUT2D eigenvalue weighted by Gasteiger charge is 2.11. The summed E-state index contributed by atoms with van der Waals surface area (Å²) in [5.41, 5.74) is 0.605. The quantitative estimate of drug-likeness (QED) is 0.759. The summed E-state index contributed by atoms with van der Waals surface area (Å²) in [7, 11) is 0. The van der Waals surface area contributed by atoms with Gasteiger partial charge in [-0.25, -0.2) is 14.5 Å². The van der Waals surface area contributed by atoms with Gasteiger partial charge in [0.05, 0.1) is 11.1 Å². The number of aromatic carboxylic acids is 1. The first-order valence-corrected chi connectivity index (χ1v) is 7.22. The molecule has 0 aliphatic carbocycles. The van der Waals surface area contributed by atoms with E-state index in [1.165, 1.54) is 24.4 Å². The monoisotopic (exact) mass is 342 g/mol. The van der Waals surface area contributed by atoms with Gasteiger partial charge in [0.25, 0.3) is 5.91 Å². The van der Waals surface area contributed by atoms with Gasteiger partial charge in [-0.15, -0.1) is 0 Å². The van der Waals surface area contributed by atoms with Crippen LogP contribution in [0, 0.1) is 0 Å². The van der Waals surface area contributed by atoms with E-state index in [9.17, 15) is 9.59 Å². The van der Waals surface area contributed by atoms with Gasteiger partial charge in [0.1, 0.15) is 0 Å². The minimum Gasteiger partial charge on any atom is -0.478 e. The maximum atomic E-state index is 12.2. The number of nitrogens with zero attached hydrogens (tertiary/aromatic N) is 3. The van der Waals surface area contributed by atoms with Crippen molar-refractivity contribution in [1.29, 1.82) is 0 Å². The number of anilines is 1. The van der Waals surface area contributed by atoms with Crippen LogP contribution in [0.2, 0.25) is 5.02 Å². The van der Waals surface area contributed by atoms with Gasteiger partial charge in [-0.2, -0.15) is 5.10 Å². The Morgan fingerprint density at radius 2 is 2.00 bits per heavy atom. The number of rotatable bonds is 4. The van der Waals surface area contributed by atoms with Gasteiger partial charge in [-0.05, 0) is 36.4 Å². The maximum Gasteiger partial charge on any atom is 0.335 e. The van der Waals surface area contributed by atoms with E-state index in [0.29, 0.717) is 17.1 Å². The molecule has 3 rings (SSSR count). The number of carbonyl (C=O) groups excluding carboxylic acids is 1. The molecule has 2 heterocycles. The van der Waals surface area contributed by atoms with Crippen LogP contribution in [0.15, 0.2) is 55.0 Å². The van der Waals surface area contributed by atoms with E-state index < -0.39 is 11.9 Å². The van der Waals surface area contributed by atoms with Gasteiger partial charge in [0.15, 0.2) is 5.82 Å². The number of halogens is 1. The SMILES string of the molecule is O=C(O)c1cc(Cl)cc(NC(=O)c2ccc(-n3cccn3)nc2)c1. The first kappa shape index (κ1) is 15.7. The Bertz CT molecular complexity index is 892. The van der Waals surface area contributed by atoms with E-state index in [2.05, 4.69) is 15.4 Å². The first-order chi connectivity index (χ1) is 11.5. The number of aromatic nitrogens is 3. The van der Waals surface area contributed by atoms with Gasteiger partial charge in [0, 0.05) is 29.3 Å². The summed E-state index contributed by atoms with van der Waals surface area (Å²) >= 11 is 5.86. The van der Waals surface area contributed by atoms with Crippen LogP contribution in [0.3, 0.4) is 0 Å². The van der Waals surface area contributed by atoms with E-state index in [1.807, 2.05) is 0 Å². The number of benzene rings is 1. The number of carboxylic acids is 1. The van der Waals surface area contributed by atoms with Gasteiger partial charge in [-0.1, -0.05) is 11.6 Å². The van der Waals surface area contributed by atoms with Gasteiger partial charge in [0.2, 0.25) is 0 Å². The Morgan fingerprint density at radius 1 is 1.17 bits per heavy atom. The lowest BCUT2D eigenvalue weighted by Crippen LogP contribution is -2.13. The molecule has 120 valence electrons. The molecule has 0 atom stereocenters. The molecule has 0 spiro atoms. The summed E-state index contributed by atoms with van der Waals surface area (Å²) < 4.78 is 1.57. The second-order valence-electron chi connectivity index (χ2n) is 4.84. The van der Waals surface area contributed by atoms with Gasteiger partial charge >= 0.3 is 5.97 Å². The molecule has 1 aromatic carbocycles. The van der Waals surface area contributed by atoms with E-state index in [0.717, 1.165) is 0 Å². The van der Waals surface area contributed by atoms with Crippen molar-refractivity contribution in [3.63, 3.8) is 0 Å². The third kappa shape index (κ3) is 3.41. The zero-order valence-electron chi connectivity index (χ0n) is 12.2. The molecule has 0 saturated heterocycles. The standard InChI is InChI=1S/C16H11ClN4O3/c17-12-6-11(16(23)24)7-13(8-12)20-15(22)10-2-3-14(18-9-10)21-5-1-4-19-21/h1-9H,(H,20,22)(H,23,24). The van der Waals surface area contributed by atoms with Crippen molar-refractivity contribution in [2.45, 2.75) is 0 Å². The molecule has 0 saturated carbocycles. The molecule has 24 heavy (non-hydrogen) atoms. The maximum absolute atomic E-state index is 12.2. The fourth-order valence-electron chi connectivity index (χ4n) is 2.05. The highest BCUT2D eigenvalue weighted by Crippen LogP contribution is 2.20.